The molecule has 116 valence electrons. The quantitative estimate of drug-likeness (QED) is 0.681. The molecule has 0 heterocycles. The van der Waals surface area contributed by atoms with Crippen molar-refractivity contribution >= 4 is 15.9 Å². The van der Waals surface area contributed by atoms with Crippen molar-refractivity contribution in [1.29, 1.82) is 0 Å². The molecule has 0 aliphatic carbocycles. The molecule has 1 aromatic carbocycles. The minimum atomic E-state index is -3.65. The summed E-state index contributed by atoms with van der Waals surface area (Å²) in [7, 11) is -2.18. The highest BCUT2D eigenvalue weighted by atomic mass is 32.2. The largest absolute Gasteiger partial charge is 0.495 e. The number of nitrogens with one attached hydrogen (secondary N) is 2. The molecule has 1 aromatic rings. The fraction of sp³-hybridized carbons (Fsp3) is 0.429. The lowest BCUT2D eigenvalue weighted by Crippen LogP contribution is -2.33. The van der Waals surface area contributed by atoms with Crippen molar-refractivity contribution in [3.8, 4) is 17.6 Å². The molecule has 0 saturated carbocycles. The molecule has 0 radical (unpaired) electrons. The highest BCUT2D eigenvalue weighted by Gasteiger charge is 2.13. The average molecular weight is 311 g/mol. The Morgan fingerprint density at radius 1 is 1.38 bits per heavy atom. The molecule has 0 aliphatic rings. The number of hydrogen-bond donors (Lipinski definition) is 3. The highest BCUT2D eigenvalue weighted by Crippen LogP contribution is 2.25. The van der Waals surface area contributed by atoms with E-state index < -0.39 is 10.2 Å². The summed E-state index contributed by atoms with van der Waals surface area (Å²) in [6.45, 7) is 4.44. The van der Waals surface area contributed by atoms with Crippen LogP contribution in [0.25, 0.3) is 0 Å². The molecule has 7 heteroatoms. The van der Waals surface area contributed by atoms with E-state index in [0.717, 1.165) is 0 Å². The summed E-state index contributed by atoms with van der Waals surface area (Å²) in [4.78, 5) is 0. The lowest BCUT2D eigenvalue weighted by molar-refractivity contribution is 0.417. The first-order valence-electron chi connectivity index (χ1n) is 6.52. The Morgan fingerprint density at radius 2 is 2.10 bits per heavy atom. The van der Waals surface area contributed by atoms with E-state index in [1.165, 1.54) is 7.11 Å². The van der Waals surface area contributed by atoms with Crippen LogP contribution < -0.4 is 19.9 Å². The summed E-state index contributed by atoms with van der Waals surface area (Å²) in [6, 6.07) is 5.00. The van der Waals surface area contributed by atoms with Gasteiger partial charge in [0.25, 0.3) is 10.2 Å². The summed E-state index contributed by atoms with van der Waals surface area (Å²) >= 11 is 0. The lowest BCUT2D eigenvalue weighted by atomic mass is 10.2. The Balaban J connectivity index is 2.99. The molecule has 0 unspecified atom stereocenters. The van der Waals surface area contributed by atoms with Crippen LogP contribution in [-0.2, 0) is 10.2 Å². The van der Waals surface area contributed by atoms with Crippen LogP contribution in [0.1, 0.15) is 19.4 Å². The molecule has 0 aliphatic heterocycles. The van der Waals surface area contributed by atoms with E-state index in [0.29, 0.717) is 23.5 Å². The summed E-state index contributed by atoms with van der Waals surface area (Å²) in [6.07, 6.45) is 0. The van der Waals surface area contributed by atoms with Gasteiger partial charge < -0.3 is 10.5 Å². The van der Waals surface area contributed by atoms with E-state index >= 15 is 0 Å². The van der Waals surface area contributed by atoms with Crippen molar-refractivity contribution in [3.63, 3.8) is 0 Å². The molecular formula is C14H21N3O3S. The number of rotatable bonds is 6. The fourth-order valence-electron chi connectivity index (χ4n) is 1.48. The molecule has 1 rings (SSSR count). The molecule has 0 fully saturated rings. The van der Waals surface area contributed by atoms with Crippen LogP contribution in [0.5, 0.6) is 5.75 Å². The maximum atomic E-state index is 12.0. The maximum absolute atomic E-state index is 12.0. The topological polar surface area (TPSA) is 93.4 Å². The molecule has 0 bridgehead atoms. The van der Waals surface area contributed by atoms with E-state index in [1.807, 2.05) is 13.8 Å². The van der Waals surface area contributed by atoms with Crippen LogP contribution in [0.4, 0.5) is 5.69 Å². The minimum absolute atomic E-state index is 0.213. The van der Waals surface area contributed by atoms with E-state index in [4.69, 9.17) is 10.5 Å². The predicted molar refractivity (Wildman–Crippen MR) is 84.3 cm³/mol. The van der Waals surface area contributed by atoms with Gasteiger partial charge in [0.1, 0.15) is 5.75 Å². The molecule has 4 N–H and O–H groups in total. The smallest absolute Gasteiger partial charge is 0.299 e. The van der Waals surface area contributed by atoms with Crippen molar-refractivity contribution < 1.29 is 13.2 Å². The molecule has 0 aromatic heterocycles. The third-order valence-corrected chi connectivity index (χ3v) is 3.50. The number of methoxy groups -OCH3 is 1. The Hall–Kier alpha value is -1.75. The second-order valence-electron chi connectivity index (χ2n) is 4.77. The Kier molecular flexibility index (Phi) is 6.49. The zero-order valence-electron chi connectivity index (χ0n) is 12.4. The van der Waals surface area contributed by atoms with Crippen molar-refractivity contribution in [2.45, 2.75) is 13.8 Å². The van der Waals surface area contributed by atoms with Gasteiger partial charge in [-0.05, 0) is 24.1 Å². The van der Waals surface area contributed by atoms with Crippen LogP contribution in [0.15, 0.2) is 18.2 Å². The number of benzene rings is 1. The van der Waals surface area contributed by atoms with Crippen LogP contribution >= 0.6 is 0 Å². The lowest BCUT2D eigenvalue weighted by Gasteiger charge is -2.13. The maximum Gasteiger partial charge on any atom is 0.299 e. The van der Waals surface area contributed by atoms with Gasteiger partial charge >= 0.3 is 0 Å². The van der Waals surface area contributed by atoms with E-state index in [1.54, 1.807) is 18.2 Å². The third-order valence-electron chi connectivity index (χ3n) is 2.46. The fourth-order valence-corrected chi connectivity index (χ4v) is 2.55. The van der Waals surface area contributed by atoms with Crippen molar-refractivity contribution in [2.24, 2.45) is 11.7 Å². The number of anilines is 1. The molecule has 0 spiro atoms. The summed E-state index contributed by atoms with van der Waals surface area (Å²) in [5.41, 5.74) is 6.31. The summed E-state index contributed by atoms with van der Waals surface area (Å²) in [5, 5.41) is 0. The first kappa shape index (κ1) is 17.3. The first-order chi connectivity index (χ1) is 9.88. The molecular weight excluding hydrogens is 290 g/mol. The van der Waals surface area contributed by atoms with Crippen LogP contribution in [0.2, 0.25) is 0 Å². The van der Waals surface area contributed by atoms with Gasteiger partial charge in [0.15, 0.2) is 0 Å². The molecule has 0 saturated heterocycles. The molecule has 6 nitrogen and oxygen atoms in total. The number of hydrogen-bond acceptors (Lipinski definition) is 4. The van der Waals surface area contributed by atoms with Gasteiger partial charge in [0.05, 0.1) is 19.3 Å². The Labute approximate surface area is 126 Å². The van der Waals surface area contributed by atoms with Gasteiger partial charge in [0.2, 0.25) is 0 Å². The van der Waals surface area contributed by atoms with Crippen molar-refractivity contribution in [2.75, 3.05) is 24.9 Å². The standard InChI is InChI=1S/C14H21N3O3S/c1-11(2)10-16-21(18,19)17-13-9-12(5-4-8-15)6-7-14(13)20-3/h6-7,9,11,16-17H,8,10,15H2,1-3H3. The van der Waals surface area contributed by atoms with Gasteiger partial charge in [-0.15, -0.1) is 0 Å². The van der Waals surface area contributed by atoms with Crippen molar-refractivity contribution in [1.82, 2.24) is 4.72 Å². The Morgan fingerprint density at radius 3 is 2.67 bits per heavy atom. The van der Waals surface area contributed by atoms with Crippen LogP contribution in [0.3, 0.4) is 0 Å². The van der Waals surface area contributed by atoms with Crippen LogP contribution in [-0.4, -0.2) is 28.6 Å². The van der Waals surface area contributed by atoms with E-state index in [9.17, 15) is 8.42 Å². The zero-order valence-corrected chi connectivity index (χ0v) is 13.3. The van der Waals surface area contributed by atoms with Crippen LogP contribution in [0, 0.1) is 17.8 Å². The third kappa shape index (κ3) is 6.04. The molecule has 0 amide bonds. The second-order valence-corrected chi connectivity index (χ2v) is 6.27. The van der Waals surface area contributed by atoms with Gasteiger partial charge in [-0.25, -0.2) is 0 Å². The highest BCUT2D eigenvalue weighted by molar-refractivity contribution is 7.90. The number of ether oxygens (including phenoxy) is 1. The first-order valence-corrected chi connectivity index (χ1v) is 8.00. The predicted octanol–water partition coefficient (Wildman–Crippen LogP) is 0.908. The van der Waals surface area contributed by atoms with Crippen molar-refractivity contribution in [3.05, 3.63) is 23.8 Å². The van der Waals surface area contributed by atoms with Gasteiger partial charge in [-0.3, -0.25) is 4.72 Å². The zero-order chi connectivity index (χ0) is 15.9. The monoisotopic (exact) mass is 311 g/mol. The van der Waals surface area contributed by atoms with Gasteiger partial charge in [-0.1, -0.05) is 25.7 Å². The molecule has 0 atom stereocenters. The normalized spacial score (nSPS) is 10.9. The minimum Gasteiger partial charge on any atom is -0.495 e. The second kappa shape index (κ2) is 7.88. The van der Waals surface area contributed by atoms with E-state index in [-0.39, 0.29) is 12.5 Å². The summed E-state index contributed by atoms with van der Waals surface area (Å²) in [5.74, 6) is 6.20. The Bertz CT molecular complexity index is 631. The average Bonchev–Trinajstić information content (AvgIpc) is 2.43. The number of nitrogens with two attached hydrogens (primary N) is 1. The summed E-state index contributed by atoms with van der Waals surface area (Å²) < 4.78 is 34.0. The SMILES string of the molecule is COc1ccc(C#CCN)cc1NS(=O)(=O)NCC(C)C. The van der Waals surface area contributed by atoms with E-state index in [2.05, 4.69) is 21.3 Å². The van der Waals surface area contributed by atoms with Gasteiger partial charge in [0, 0.05) is 12.1 Å². The molecule has 21 heavy (non-hydrogen) atoms. The van der Waals surface area contributed by atoms with Gasteiger partial charge in [-0.2, -0.15) is 13.1 Å².